The summed E-state index contributed by atoms with van der Waals surface area (Å²) in [6, 6.07) is 15.9. The van der Waals surface area contributed by atoms with Gasteiger partial charge in [0.15, 0.2) is 0 Å². The molecule has 4 heteroatoms. The maximum absolute atomic E-state index is 13.9. The van der Waals surface area contributed by atoms with Gasteiger partial charge in [-0.2, -0.15) is 0 Å². The van der Waals surface area contributed by atoms with Crippen LogP contribution in [0.3, 0.4) is 0 Å². The fourth-order valence-corrected chi connectivity index (χ4v) is 5.03. The van der Waals surface area contributed by atoms with E-state index >= 15 is 0 Å². The molecule has 3 unspecified atom stereocenters. The Balaban J connectivity index is 2.00. The lowest BCUT2D eigenvalue weighted by Crippen LogP contribution is -2.55. The summed E-state index contributed by atoms with van der Waals surface area (Å²) in [5.41, 5.74) is 2.80. The number of anilines is 1. The smallest absolute Gasteiger partial charge is 0.225 e. The average molecular weight is 446 g/mol. The van der Waals surface area contributed by atoms with E-state index in [4.69, 9.17) is 4.84 Å². The molecule has 174 valence electrons. The summed E-state index contributed by atoms with van der Waals surface area (Å²) in [4.78, 5) is 34.2. The van der Waals surface area contributed by atoms with Crippen LogP contribution in [0.2, 0.25) is 0 Å². The second-order valence-electron chi connectivity index (χ2n) is 11.6. The number of hydrogen-bond donors (Lipinski definition) is 0. The van der Waals surface area contributed by atoms with Crippen LogP contribution in [0.5, 0.6) is 0 Å². The minimum atomic E-state index is -0.957. The van der Waals surface area contributed by atoms with Gasteiger partial charge < -0.3 is 0 Å². The third kappa shape index (κ3) is 3.74. The Morgan fingerprint density at radius 3 is 1.82 bits per heavy atom. The Hall–Kier alpha value is -2.72. The topological polar surface area (TPSA) is 46.6 Å². The molecule has 33 heavy (non-hydrogen) atoms. The number of nitrogens with zero attached hydrogens (tertiary/aromatic N) is 1. The van der Waals surface area contributed by atoms with Crippen molar-refractivity contribution in [3.8, 4) is 0 Å². The van der Waals surface area contributed by atoms with Gasteiger partial charge >= 0.3 is 0 Å². The van der Waals surface area contributed by atoms with Gasteiger partial charge in [0.1, 0.15) is 5.60 Å². The molecular formula is C29H35NO3. The number of benzene rings is 2. The van der Waals surface area contributed by atoms with Crippen LogP contribution in [0.25, 0.3) is 0 Å². The molecule has 0 amide bonds. The molecule has 3 atom stereocenters. The highest BCUT2D eigenvalue weighted by Gasteiger charge is 2.66. The summed E-state index contributed by atoms with van der Waals surface area (Å²) >= 11 is 0. The van der Waals surface area contributed by atoms with Crippen molar-refractivity contribution in [2.24, 2.45) is 16.7 Å². The van der Waals surface area contributed by atoms with E-state index < -0.39 is 28.4 Å². The first-order chi connectivity index (χ1) is 15.3. The van der Waals surface area contributed by atoms with Crippen molar-refractivity contribution in [1.29, 1.82) is 0 Å². The fraction of sp³-hybridized carbons (Fsp3) is 0.448. The number of rotatable bonds is 2. The second kappa shape index (κ2) is 7.66. The van der Waals surface area contributed by atoms with E-state index in [9.17, 15) is 9.59 Å². The van der Waals surface area contributed by atoms with Crippen LogP contribution in [-0.2, 0) is 14.4 Å². The van der Waals surface area contributed by atoms with Crippen LogP contribution in [0.15, 0.2) is 60.2 Å². The van der Waals surface area contributed by atoms with E-state index in [2.05, 4.69) is 20.8 Å². The van der Waals surface area contributed by atoms with Gasteiger partial charge in [0.05, 0.1) is 17.6 Å². The zero-order chi connectivity index (χ0) is 24.3. The highest BCUT2D eigenvalue weighted by molar-refractivity contribution is 6.45. The minimum Gasteiger partial charge on any atom is -0.290 e. The quantitative estimate of drug-likeness (QED) is 0.507. The summed E-state index contributed by atoms with van der Waals surface area (Å²) in [6.07, 6.45) is 1.97. The Bertz CT molecular complexity index is 1110. The molecule has 1 saturated heterocycles. The molecular weight excluding hydrogens is 410 g/mol. The van der Waals surface area contributed by atoms with Gasteiger partial charge in [0, 0.05) is 5.57 Å². The molecule has 1 heterocycles. The zero-order valence-electron chi connectivity index (χ0n) is 21.0. The average Bonchev–Trinajstić information content (AvgIpc) is 3.08. The van der Waals surface area contributed by atoms with Crippen molar-refractivity contribution in [2.75, 3.05) is 5.06 Å². The molecule has 1 aliphatic carbocycles. The van der Waals surface area contributed by atoms with Crippen LogP contribution in [0.1, 0.15) is 64.3 Å². The largest absolute Gasteiger partial charge is 0.290 e. The molecule has 4 rings (SSSR count). The lowest BCUT2D eigenvalue weighted by Gasteiger charge is -2.45. The van der Waals surface area contributed by atoms with E-state index in [-0.39, 0.29) is 11.6 Å². The third-order valence-corrected chi connectivity index (χ3v) is 7.08. The van der Waals surface area contributed by atoms with Crippen molar-refractivity contribution in [3.05, 3.63) is 76.9 Å². The Kier molecular flexibility index (Phi) is 5.44. The number of aryl methyl sites for hydroxylation is 2. The van der Waals surface area contributed by atoms with Crippen LogP contribution >= 0.6 is 0 Å². The number of hydrogen-bond acceptors (Lipinski definition) is 4. The van der Waals surface area contributed by atoms with Crippen molar-refractivity contribution in [2.45, 2.75) is 67.0 Å². The van der Waals surface area contributed by atoms with E-state index in [0.29, 0.717) is 5.57 Å². The Morgan fingerprint density at radius 2 is 1.33 bits per heavy atom. The van der Waals surface area contributed by atoms with Gasteiger partial charge in [0.2, 0.25) is 11.6 Å². The van der Waals surface area contributed by atoms with Gasteiger partial charge in [0.25, 0.3) is 0 Å². The van der Waals surface area contributed by atoms with Gasteiger partial charge in [-0.25, -0.2) is 5.06 Å². The molecule has 0 saturated carbocycles. The maximum Gasteiger partial charge on any atom is 0.225 e. The highest BCUT2D eigenvalue weighted by Crippen LogP contribution is 2.58. The first kappa shape index (κ1) is 23.4. The molecule has 4 nitrogen and oxygen atoms in total. The van der Waals surface area contributed by atoms with Crippen molar-refractivity contribution >= 4 is 17.3 Å². The standard InChI is InChI=1S/C29H35NO3/c1-18-9-13-20(14-10-18)24-23-26(32)25(31)22(27(3,4)5)17-29(23,28(6,7)8)33-30(24)21-15-11-19(2)12-16-21/h9-17,23-24H,1-8H3. The fourth-order valence-electron chi connectivity index (χ4n) is 5.03. The lowest BCUT2D eigenvalue weighted by atomic mass is 9.59. The molecule has 0 radical (unpaired) electrons. The number of Topliss-reactive ketones (excluding diaryl/α,β-unsaturated/α-hetero) is 2. The monoisotopic (exact) mass is 445 g/mol. The molecule has 0 spiro atoms. The molecule has 2 aromatic rings. The maximum atomic E-state index is 13.9. The van der Waals surface area contributed by atoms with Gasteiger partial charge in [-0.1, -0.05) is 89.1 Å². The summed E-state index contributed by atoms with van der Waals surface area (Å²) < 4.78 is 0. The van der Waals surface area contributed by atoms with Crippen molar-refractivity contribution < 1.29 is 14.4 Å². The molecule has 2 aromatic carbocycles. The van der Waals surface area contributed by atoms with Crippen LogP contribution in [0, 0.1) is 30.6 Å². The minimum absolute atomic E-state index is 0.363. The van der Waals surface area contributed by atoms with E-state index in [1.165, 1.54) is 0 Å². The van der Waals surface area contributed by atoms with E-state index in [1.54, 1.807) is 0 Å². The number of allylic oxidation sites excluding steroid dienone is 1. The van der Waals surface area contributed by atoms with E-state index in [0.717, 1.165) is 22.4 Å². The van der Waals surface area contributed by atoms with Crippen molar-refractivity contribution in [1.82, 2.24) is 0 Å². The predicted molar refractivity (Wildman–Crippen MR) is 132 cm³/mol. The molecule has 0 N–H and O–H groups in total. The van der Waals surface area contributed by atoms with Gasteiger partial charge in [-0.15, -0.1) is 0 Å². The van der Waals surface area contributed by atoms with Crippen molar-refractivity contribution in [3.63, 3.8) is 0 Å². The third-order valence-electron chi connectivity index (χ3n) is 7.08. The normalized spacial score (nSPS) is 25.8. The lowest BCUT2D eigenvalue weighted by molar-refractivity contribution is -0.147. The van der Waals surface area contributed by atoms with Gasteiger partial charge in [-0.05, 0) is 48.4 Å². The summed E-state index contributed by atoms with van der Waals surface area (Å²) in [7, 11) is 0. The predicted octanol–water partition coefficient (Wildman–Crippen LogP) is 6.32. The number of carbonyl (C=O) groups excluding carboxylic acids is 2. The molecule has 0 aromatic heterocycles. The molecule has 1 fully saturated rings. The molecule has 0 bridgehead atoms. The number of fused-ring (bicyclic) bond motifs is 1. The van der Waals surface area contributed by atoms with Crippen LogP contribution in [0.4, 0.5) is 5.69 Å². The number of ketones is 2. The first-order valence-electron chi connectivity index (χ1n) is 11.7. The number of hydroxylamine groups is 1. The van der Waals surface area contributed by atoms with Crippen LogP contribution in [-0.4, -0.2) is 17.2 Å². The Labute approximate surface area is 197 Å². The molecule has 2 aliphatic rings. The molecule has 1 aliphatic heterocycles. The number of carbonyl (C=O) groups is 2. The van der Waals surface area contributed by atoms with Gasteiger partial charge in [-0.3, -0.25) is 14.4 Å². The second-order valence-corrected chi connectivity index (χ2v) is 11.6. The SMILES string of the molecule is Cc1ccc(C2C3C(=O)C(=O)C(C(C)(C)C)=CC3(C(C)(C)C)ON2c2ccc(C)cc2)cc1. The summed E-state index contributed by atoms with van der Waals surface area (Å²) in [5.74, 6) is -1.41. The summed E-state index contributed by atoms with van der Waals surface area (Å²) in [6.45, 7) is 16.3. The van der Waals surface area contributed by atoms with Crippen LogP contribution < -0.4 is 5.06 Å². The first-order valence-corrected chi connectivity index (χ1v) is 11.7. The zero-order valence-corrected chi connectivity index (χ0v) is 21.0. The summed E-state index contributed by atoms with van der Waals surface area (Å²) in [5, 5.41) is 1.87. The van der Waals surface area contributed by atoms with E-state index in [1.807, 2.05) is 94.3 Å². The highest BCUT2D eigenvalue weighted by atomic mass is 16.7. The Morgan fingerprint density at radius 1 is 0.818 bits per heavy atom.